The quantitative estimate of drug-likeness (QED) is 0.756. The number of aryl methyl sites for hydroxylation is 1. The zero-order valence-corrected chi connectivity index (χ0v) is 10.1. The van der Waals surface area contributed by atoms with Gasteiger partial charge in [-0.25, -0.2) is 19.9 Å². The number of rotatable bonds is 1. The van der Waals surface area contributed by atoms with Gasteiger partial charge in [0.1, 0.15) is 5.15 Å². The van der Waals surface area contributed by atoms with Crippen molar-refractivity contribution in [3.05, 3.63) is 33.8 Å². The van der Waals surface area contributed by atoms with E-state index in [9.17, 15) is 0 Å². The van der Waals surface area contributed by atoms with Crippen molar-refractivity contribution in [1.29, 1.82) is 0 Å². The van der Waals surface area contributed by atoms with Crippen LogP contribution in [0, 0.1) is 6.92 Å². The SMILES string of the molecule is Cc1cnc(-c2ncc(Br)c(Cl)n2)nc1. The first-order chi connectivity index (χ1) is 7.16. The molecule has 0 aliphatic rings. The Kier molecular flexibility index (Phi) is 2.93. The Labute approximate surface area is 99.9 Å². The summed E-state index contributed by atoms with van der Waals surface area (Å²) in [7, 11) is 0. The molecule has 0 N–H and O–H groups in total. The molecule has 6 heteroatoms. The van der Waals surface area contributed by atoms with Crippen molar-refractivity contribution in [2.24, 2.45) is 0 Å². The van der Waals surface area contributed by atoms with Gasteiger partial charge in [-0.3, -0.25) is 0 Å². The van der Waals surface area contributed by atoms with Crippen molar-refractivity contribution < 1.29 is 0 Å². The molecule has 0 fully saturated rings. The van der Waals surface area contributed by atoms with Gasteiger partial charge in [-0.1, -0.05) is 11.6 Å². The standard InChI is InChI=1S/C9H6BrClN4/c1-5-2-12-8(13-3-5)9-14-4-6(10)7(11)15-9/h2-4H,1H3. The van der Waals surface area contributed by atoms with Crippen LogP contribution in [0.1, 0.15) is 5.56 Å². The van der Waals surface area contributed by atoms with Gasteiger partial charge >= 0.3 is 0 Å². The minimum absolute atomic E-state index is 0.351. The lowest BCUT2D eigenvalue weighted by Crippen LogP contribution is -1.95. The molecule has 0 aliphatic heterocycles. The van der Waals surface area contributed by atoms with Gasteiger partial charge in [0, 0.05) is 18.6 Å². The lowest BCUT2D eigenvalue weighted by molar-refractivity contribution is 1.06. The Balaban J connectivity index is 2.45. The highest BCUT2D eigenvalue weighted by Gasteiger charge is 2.07. The second-order valence-corrected chi connectivity index (χ2v) is 4.13. The summed E-state index contributed by atoms with van der Waals surface area (Å²) in [4.78, 5) is 16.3. The van der Waals surface area contributed by atoms with Gasteiger partial charge in [0.2, 0.25) is 0 Å². The predicted octanol–water partition coefficient (Wildman–Crippen LogP) is 2.66. The number of nitrogens with zero attached hydrogens (tertiary/aromatic N) is 4. The fourth-order valence-corrected chi connectivity index (χ4v) is 1.28. The van der Waals surface area contributed by atoms with Crippen LogP contribution in [0.25, 0.3) is 11.6 Å². The zero-order valence-electron chi connectivity index (χ0n) is 7.78. The molecule has 4 nitrogen and oxygen atoms in total. The summed E-state index contributed by atoms with van der Waals surface area (Å²) in [6.07, 6.45) is 5.00. The van der Waals surface area contributed by atoms with E-state index in [1.54, 1.807) is 18.6 Å². The Morgan fingerprint density at radius 3 is 2.27 bits per heavy atom. The van der Waals surface area contributed by atoms with Crippen molar-refractivity contribution in [2.45, 2.75) is 6.92 Å². The summed E-state index contributed by atoms with van der Waals surface area (Å²) >= 11 is 9.06. The van der Waals surface area contributed by atoms with E-state index in [4.69, 9.17) is 11.6 Å². The third kappa shape index (κ3) is 2.30. The number of aromatic nitrogens is 4. The van der Waals surface area contributed by atoms with Gasteiger partial charge in [-0.05, 0) is 28.4 Å². The lowest BCUT2D eigenvalue weighted by atomic mass is 10.4. The largest absolute Gasteiger partial charge is 0.234 e. The van der Waals surface area contributed by atoms with E-state index in [0.717, 1.165) is 5.56 Å². The molecule has 0 saturated carbocycles. The van der Waals surface area contributed by atoms with Crippen molar-refractivity contribution >= 4 is 27.5 Å². The van der Waals surface area contributed by atoms with E-state index >= 15 is 0 Å². The van der Waals surface area contributed by atoms with Crippen LogP contribution < -0.4 is 0 Å². The fourth-order valence-electron chi connectivity index (χ4n) is 0.962. The molecule has 0 unspecified atom stereocenters. The molecule has 15 heavy (non-hydrogen) atoms. The van der Waals surface area contributed by atoms with Crippen LogP contribution in [-0.2, 0) is 0 Å². The molecular formula is C9H6BrClN4. The molecule has 0 saturated heterocycles. The second-order valence-electron chi connectivity index (χ2n) is 2.92. The molecule has 2 rings (SSSR count). The summed E-state index contributed by atoms with van der Waals surface area (Å²) < 4.78 is 0.653. The smallest absolute Gasteiger partial charge is 0.199 e. The molecule has 2 heterocycles. The van der Waals surface area contributed by atoms with Gasteiger partial charge in [-0.2, -0.15) is 0 Å². The van der Waals surface area contributed by atoms with Crippen LogP contribution in [0.4, 0.5) is 0 Å². The molecule has 0 atom stereocenters. The minimum Gasteiger partial charge on any atom is -0.234 e. The molecule has 0 spiro atoms. The molecule has 76 valence electrons. The maximum atomic E-state index is 5.84. The molecular weight excluding hydrogens is 279 g/mol. The molecule has 0 radical (unpaired) electrons. The molecule has 2 aromatic heterocycles. The first-order valence-corrected chi connectivity index (χ1v) is 5.31. The monoisotopic (exact) mass is 284 g/mol. The van der Waals surface area contributed by atoms with Crippen molar-refractivity contribution in [3.8, 4) is 11.6 Å². The molecule has 0 amide bonds. The zero-order chi connectivity index (χ0) is 10.8. The summed E-state index contributed by atoms with van der Waals surface area (Å²) in [6, 6.07) is 0. The van der Waals surface area contributed by atoms with E-state index in [2.05, 4.69) is 35.9 Å². The van der Waals surface area contributed by atoms with Crippen LogP contribution in [0.3, 0.4) is 0 Å². The average Bonchev–Trinajstić information content (AvgIpc) is 2.23. The van der Waals surface area contributed by atoms with Crippen LogP contribution in [0.2, 0.25) is 5.15 Å². The maximum absolute atomic E-state index is 5.84. The van der Waals surface area contributed by atoms with Gasteiger partial charge in [0.15, 0.2) is 11.6 Å². The van der Waals surface area contributed by atoms with Crippen LogP contribution in [0.15, 0.2) is 23.1 Å². The maximum Gasteiger partial charge on any atom is 0.199 e. The Hall–Kier alpha value is -1.07. The van der Waals surface area contributed by atoms with Crippen LogP contribution in [-0.4, -0.2) is 19.9 Å². The third-order valence-electron chi connectivity index (χ3n) is 1.68. The predicted molar refractivity (Wildman–Crippen MR) is 60.5 cm³/mol. The first kappa shape index (κ1) is 10.4. The van der Waals surface area contributed by atoms with Gasteiger partial charge < -0.3 is 0 Å². The normalized spacial score (nSPS) is 10.3. The average molecular weight is 286 g/mol. The Morgan fingerprint density at radius 1 is 1.07 bits per heavy atom. The van der Waals surface area contributed by atoms with E-state index < -0.39 is 0 Å². The highest BCUT2D eigenvalue weighted by Crippen LogP contribution is 2.20. The molecule has 0 aliphatic carbocycles. The van der Waals surface area contributed by atoms with Crippen molar-refractivity contribution in [2.75, 3.05) is 0 Å². The molecule has 0 bridgehead atoms. The van der Waals surface area contributed by atoms with E-state index in [0.29, 0.717) is 21.3 Å². The topological polar surface area (TPSA) is 51.6 Å². The number of hydrogen-bond acceptors (Lipinski definition) is 4. The summed E-state index contributed by atoms with van der Waals surface area (Å²) in [5.74, 6) is 0.887. The van der Waals surface area contributed by atoms with E-state index in [-0.39, 0.29) is 0 Å². The first-order valence-electron chi connectivity index (χ1n) is 4.14. The fraction of sp³-hybridized carbons (Fsp3) is 0.111. The van der Waals surface area contributed by atoms with Crippen LogP contribution in [0.5, 0.6) is 0 Å². The summed E-state index contributed by atoms with van der Waals surface area (Å²) in [5.41, 5.74) is 0.988. The second kappa shape index (κ2) is 4.20. The van der Waals surface area contributed by atoms with Crippen molar-refractivity contribution in [1.82, 2.24) is 19.9 Å². The molecule has 0 aromatic carbocycles. The van der Waals surface area contributed by atoms with Gasteiger partial charge in [-0.15, -0.1) is 0 Å². The lowest BCUT2D eigenvalue weighted by Gasteiger charge is -1.99. The third-order valence-corrected chi connectivity index (χ3v) is 2.78. The van der Waals surface area contributed by atoms with Crippen LogP contribution >= 0.6 is 27.5 Å². The minimum atomic E-state index is 0.351. The summed E-state index contributed by atoms with van der Waals surface area (Å²) in [5, 5.41) is 0.351. The highest BCUT2D eigenvalue weighted by atomic mass is 79.9. The highest BCUT2D eigenvalue weighted by molar-refractivity contribution is 9.10. The molecule has 2 aromatic rings. The van der Waals surface area contributed by atoms with Gasteiger partial charge in [0.05, 0.1) is 4.47 Å². The van der Waals surface area contributed by atoms with Crippen molar-refractivity contribution in [3.63, 3.8) is 0 Å². The van der Waals surface area contributed by atoms with E-state index in [1.807, 2.05) is 6.92 Å². The summed E-state index contributed by atoms with van der Waals surface area (Å²) in [6.45, 7) is 1.92. The van der Waals surface area contributed by atoms with Gasteiger partial charge in [0.25, 0.3) is 0 Å². The van der Waals surface area contributed by atoms with E-state index in [1.165, 1.54) is 0 Å². The Bertz CT molecular complexity index is 486. The number of halogens is 2. The number of hydrogen-bond donors (Lipinski definition) is 0. The Morgan fingerprint density at radius 2 is 1.67 bits per heavy atom.